The van der Waals surface area contributed by atoms with Crippen molar-refractivity contribution in [3.8, 4) is 0 Å². The van der Waals surface area contributed by atoms with Gasteiger partial charge in [0.15, 0.2) is 5.78 Å². The number of thioether (sulfide) groups is 2. The minimum absolute atomic E-state index is 0.131. The van der Waals surface area contributed by atoms with Crippen molar-refractivity contribution in [2.75, 3.05) is 18.6 Å². The summed E-state index contributed by atoms with van der Waals surface area (Å²) >= 11 is 2.76. The lowest BCUT2D eigenvalue weighted by Crippen LogP contribution is -2.63. The van der Waals surface area contributed by atoms with E-state index in [0.29, 0.717) is 17.1 Å². The number of hydrogen-bond acceptors (Lipinski definition) is 8. The maximum absolute atomic E-state index is 11.9. The number of carbonyl (C=O) groups is 4. The number of carboxylic acid groups (broad SMARTS) is 1. The third kappa shape index (κ3) is 2.81. The molecule has 4 atom stereocenters. The lowest BCUT2D eigenvalue weighted by Gasteiger charge is -2.44. The number of aliphatic carboxylic acids is 1. The number of nitrogens with zero attached hydrogens (tertiary/aromatic N) is 1. The van der Waals surface area contributed by atoms with Crippen molar-refractivity contribution in [1.29, 1.82) is 0 Å². The Kier molecular flexibility index (Phi) is 4.60. The fraction of sp³-hybridized carbons (Fsp3) is 0.538. The molecule has 1 saturated heterocycles. The van der Waals surface area contributed by atoms with E-state index in [-0.39, 0.29) is 16.6 Å². The van der Waals surface area contributed by atoms with Gasteiger partial charge in [0, 0.05) is 29.4 Å². The van der Waals surface area contributed by atoms with Crippen LogP contribution in [0.15, 0.2) is 11.1 Å². The Morgan fingerprint density at radius 3 is 2.79 bits per heavy atom. The molecule has 0 radical (unpaired) electrons. The average molecular weight is 372 g/mol. The van der Waals surface area contributed by atoms with Gasteiger partial charge in [-0.05, 0) is 5.57 Å². The van der Waals surface area contributed by atoms with Gasteiger partial charge in [0.2, 0.25) is 0 Å². The summed E-state index contributed by atoms with van der Waals surface area (Å²) in [5, 5.41) is 13.3. The third-order valence-electron chi connectivity index (χ3n) is 4.20. The van der Waals surface area contributed by atoms with Crippen molar-refractivity contribution in [3.63, 3.8) is 0 Å². The second-order valence-electron chi connectivity index (χ2n) is 5.69. The van der Waals surface area contributed by atoms with Gasteiger partial charge in [-0.3, -0.25) is 19.8 Å². The molecule has 2 amide bonds. The summed E-state index contributed by atoms with van der Waals surface area (Å²) in [4.78, 5) is 46.2. The standard InChI is InChI=1S/C13H16N4O5S2/c1-17-13(15-10(19)11(20)16-17)24-3-4-2-23-9-6(5(4)12(21)22)8(18)7(9)14/h6-7,9,13H,2-3,14H2,1H3,(H,15,19)(H,16,20)(H,21,22)/t6-,7+,9-,13-/m0/s1. The first kappa shape index (κ1) is 17.3. The second kappa shape index (κ2) is 6.39. The van der Waals surface area contributed by atoms with Crippen LogP contribution in [0.5, 0.6) is 0 Å². The summed E-state index contributed by atoms with van der Waals surface area (Å²) in [5.74, 6) is -2.66. The van der Waals surface area contributed by atoms with Gasteiger partial charge in [-0.25, -0.2) is 4.79 Å². The number of rotatable bonds is 4. The lowest BCUT2D eigenvalue weighted by molar-refractivity contribution is -0.146. The Balaban J connectivity index is 1.73. The molecule has 2 heterocycles. The highest BCUT2D eigenvalue weighted by Gasteiger charge is 2.54. The summed E-state index contributed by atoms with van der Waals surface area (Å²) in [6.07, 6.45) is 0. The molecule has 24 heavy (non-hydrogen) atoms. The van der Waals surface area contributed by atoms with E-state index < -0.39 is 35.2 Å². The van der Waals surface area contributed by atoms with E-state index in [9.17, 15) is 24.3 Å². The predicted octanol–water partition coefficient (Wildman–Crippen LogP) is -1.88. The Morgan fingerprint density at radius 2 is 2.12 bits per heavy atom. The number of Topliss-reactive ketones (excluding diaryl/α,β-unsaturated/α-hetero) is 1. The van der Waals surface area contributed by atoms with Crippen molar-refractivity contribution in [1.82, 2.24) is 15.8 Å². The first-order chi connectivity index (χ1) is 11.3. The van der Waals surface area contributed by atoms with Crippen LogP contribution in [0.2, 0.25) is 0 Å². The maximum atomic E-state index is 11.9. The molecule has 0 aromatic rings. The number of hydrogen-bond donors (Lipinski definition) is 4. The van der Waals surface area contributed by atoms with Crippen LogP contribution in [0.3, 0.4) is 0 Å². The Labute approximate surface area is 145 Å². The number of nitrogens with one attached hydrogen (secondary N) is 2. The molecular weight excluding hydrogens is 356 g/mol. The fourth-order valence-electron chi connectivity index (χ4n) is 2.90. The molecule has 2 fully saturated rings. The van der Waals surface area contributed by atoms with E-state index in [1.165, 1.54) is 28.5 Å². The SMILES string of the molecule is CN1NC(=O)C(=O)N[C@@H]1SCC1=C(C(=O)O)[C@H]2C(=O)[C@@H](N)[C@H]2SC1. The number of amides is 2. The fourth-order valence-corrected chi connectivity index (χ4v) is 5.57. The van der Waals surface area contributed by atoms with E-state index in [4.69, 9.17) is 5.73 Å². The zero-order valence-electron chi connectivity index (χ0n) is 12.6. The zero-order valence-corrected chi connectivity index (χ0v) is 14.3. The van der Waals surface area contributed by atoms with Crippen LogP contribution in [-0.2, 0) is 19.2 Å². The molecule has 3 rings (SSSR count). The number of nitrogens with two attached hydrogens (primary N) is 1. The van der Waals surface area contributed by atoms with Crippen LogP contribution in [0.1, 0.15) is 0 Å². The van der Waals surface area contributed by atoms with Gasteiger partial charge in [0.05, 0.1) is 12.0 Å². The van der Waals surface area contributed by atoms with Crippen molar-refractivity contribution >= 4 is 47.1 Å². The number of carbonyl (C=O) groups excluding carboxylic acids is 3. The minimum atomic E-state index is -1.10. The number of carboxylic acids is 1. The molecule has 0 aromatic carbocycles. The van der Waals surface area contributed by atoms with Gasteiger partial charge in [0.25, 0.3) is 0 Å². The third-order valence-corrected chi connectivity index (χ3v) is 6.93. The predicted molar refractivity (Wildman–Crippen MR) is 87.7 cm³/mol. The van der Waals surface area contributed by atoms with Crippen LogP contribution in [0.4, 0.5) is 0 Å². The Bertz CT molecular complexity index is 667. The minimum Gasteiger partial charge on any atom is -0.478 e. The van der Waals surface area contributed by atoms with Gasteiger partial charge >= 0.3 is 17.8 Å². The van der Waals surface area contributed by atoms with Gasteiger partial charge in [-0.15, -0.1) is 11.8 Å². The largest absolute Gasteiger partial charge is 0.478 e. The molecule has 3 aliphatic rings. The summed E-state index contributed by atoms with van der Waals surface area (Å²) in [6, 6.07) is -0.595. The van der Waals surface area contributed by atoms with Gasteiger partial charge in [-0.1, -0.05) is 0 Å². The van der Waals surface area contributed by atoms with Gasteiger partial charge in [-0.2, -0.15) is 16.8 Å². The number of ketones is 1. The molecule has 0 bridgehead atoms. The van der Waals surface area contributed by atoms with E-state index in [1.54, 1.807) is 7.05 Å². The highest BCUT2D eigenvalue weighted by atomic mass is 32.2. The smallest absolute Gasteiger partial charge is 0.332 e. The molecule has 0 spiro atoms. The number of fused-ring (bicyclic) bond motifs is 1. The second-order valence-corrected chi connectivity index (χ2v) is 7.93. The lowest BCUT2D eigenvalue weighted by atomic mass is 9.72. The maximum Gasteiger partial charge on any atom is 0.332 e. The molecule has 9 nitrogen and oxygen atoms in total. The van der Waals surface area contributed by atoms with Gasteiger partial charge in [0.1, 0.15) is 5.50 Å². The summed E-state index contributed by atoms with van der Waals surface area (Å²) < 4.78 is 0. The monoisotopic (exact) mass is 372 g/mol. The van der Waals surface area contributed by atoms with Crippen LogP contribution in [0.25, 0.3) is 0 Å². The Morgan fingerprint density at radius 1 is 1.42 bits per heavy atom. The van der Waals surface area contributed by atoms with Gasteiger partial charge < -0.3 is 16.2 Å². The van der Waals surface area contributed by atoms with Crippen molar-refractivity contribution < 1.29 is 24.3 Å². The summed E-state index contributed by atoms with van der Waals surface area (Å²) in [5.41, 5.74) is 8.40. The van der Waals surface area contributed by atoms with Crippen molar-refractivity contribution in [2.45, 2.75) is 16.8 Å². The van der Waals surface area contributed by atoms with Crippen LogP contribution >= 0.6 is 23.5 Å². The molecule has 5 N–H and O–H groups in total. The van der Waals surface area contributed by atoms with Crippen molar-refractivity contribution in [2.24, 2.45) is 11.7 Å². The Hall–Kier alpha value is -1.56. The summed E-state index contributed by atoms with van der Waals surface area (Å²) in [7, 11) is 1.60. The first-order valence-corrected chi connectivity index (χ1v) is 9.23. The first-order valence-electron chi connectivity index (χ1n) is 7.13. The van der Waals surface area contributed by atoms with Crippen LogP contribution in [-0.4, -0.2) is 69.0 Å². The highest BCUT2D eigenvalue weighted by Crippen LogP contribution is 2.45. The molecule has 0 aromatic heterocycles. The van der Waals surface area contributed by atoms with Crippen LogP contribution in [0, 0.1) is 5.92 Å². The molecule has 0 unspecified atom stereocenters. The molecule has 1 saturated carbocycles. The van der Waals surface area contributed by atoms with Crippen molar-refractivity contribution in [3.05, 3.63) is 11.1 Å². The van der Waals surface area contributed by atoms with E-state index in [0.717, 1.165) is 0 Å². The average Bonchev–Trinajstić information content (AvgIpc) is 2.55. The molecular formula is C13H16N4O5S2. The molecule has 2 aliphatic heterocycles. The quantitative estimate of drug-likeness (QED) is 0.417. The summed E-state index contributed by atoms with van der Waals surface area (Å²) in [6.45, 7) is 0. The highest BCUT2D eigenvalue weighted by molar-refractivity contribution is 8.01. The van der Waals surface area contributed by atoms with E-state index >= 15 is 0 Å². The molecule has 11 heteroatoms. The normalized spacial score (nSPS) is 33.5. The zero-order chi connectivity index (χ0) is 17.6. The topological polar surface area (TPSA) is 142 Å². The van der Waals surface area contributed by atoms with E-state index in [1.807, 2.05) is 0 Å². The van der Waals surface area contributed by atoms with E-state index in [2.05, 4.69) is 10.7 Å². The molecule has 130 valence electrons. The van der Waals surface area contributed by atoms with Crippen LogP contribution < -0.4 is 16.5 Å². The molecule has 1 aliphatic carbocycles. The number of hydrazine groups is 1.